The molecule has 0 radical (unpaired) electrons. The Bertz CT molecular complexity index is 402. The van der Waals surface area contributed by atoms with Gasteiger partial charge in [-0.15, -0.1) is 0 Å². The second-order valence-corrected chi connectivity index (χ2v) is 6.95. The molecule has 23 heavy (non-hydrogen) atoms. The Morgan fingerprint density at radius 3 is 2.61 bits per heavy atom. The van der Waals surface area contributed by atoms with Crippen LogP contribution in [0, 0.1) is 5.92 Å². The van der Waals surface area contributed by atoms with Crippen LogP contribution in [-0.2, 0) is 4.79 Å². The first-order chi connectivity index (χ1) is 11.2. The molecule has 5 heteroatoms. The molecular weight excluding hydrogens is 288 g/mol. The average Bonchev–Trinajstić information content (AvgIpc) is 2.97. The third kappa shape index (κ3) is 5.11. The van der Waals surface area contributed by atoms with Crippen LogP contribution < -0.4 is 5.32 Å². The van der Waals surface area contributed by atoms with Crippen LogP contribution in [0.2, 0.25) is 0 Å². The molecule has 0 saturated carbocycles. The maximum Gasteiger partial charge on any atom is 0.222 e. The molecule has 0 spiro atoms. The molecule has 1 N–H and O–H groups in total. The van der Waals surface area contributed by atoms with Crippen LogP contribution in [-0.4, -0.2) is 60.4 Å². The van der Waals surface area contributed by atoms with Crippen molar-refractivity contribution >= 4 is 11.9 Å². The molecule has 0 aliphatic carbocycles. The Kier molecular flexibility index (Phi) is 7.18. The molecule has 1 unspecified atom stereocenters. The van der Waals surface area contributed by atoms with Crippen molar-refractivity contribution in [2.75, 3.05) is 32.7 Å². The fraction of sp³-hybridized carbons (Fsp3) is 0.889. The molecule has 1 amide bonds. The van der Waals surface area contributed by atoms with Gasteiger partial charge < -0.3 is 15.1 Å². The van der Waals surface area contributed by atoms with E-state index >= 15 is 0 Å². The summed E-state index contributed by atoms with van der Waals surface area (Å²) in [7, 11) is 0. The van der Waals surface area contributed by atoms with Crippen LogP contribution in [0.5, 0.6) is 0 Å². The first kappa shape index (κ1) is 18.1. The van der Waals surface area contributed by atoms with Crippen molar-refractivity contribution in [3.8, 4) is 0 Å². The van der Waals surface area contributed by atoms with Gasteiger partial charge in [-0.2, -0.15) is 0 Å². The van der Waals surface area contributed by atoms with Crippen LogP contribution in [0.4, 0.5) is 0 Å². The van der Waals surface area contributed by atoms with Gasteiger partial charge in [-0.25, -0.2) is 0 Å². The van der Waals surface area contributed by atoms with E-state index in [0.717, 1.165) is 70.3 Å². The first-order valence-corrected chi connectivity index (χ1v) is 9.48. The molecule has 1 atom stereocenters. The average molecular weight is 322 g/mol. The Labute approximate surface area is 141 Å². The van der Waals surface area contributed by atoms with E-state index in [1.54, 1.807) is 0 Å². The molecular formula is C18H34N4O. The van der Waals surface area contributed by atoms with Crippen LogP contribution in [0.15, 0.2) is 4.99 Å². The van der Waals surface area contributed by atoms with Crippen molar-refractivity contribution in [3.05, 3.63) is 0 Å². The lowest BCUT2D eigenvalue weighted by molar-refractivity contribution is -0.129. The number of nitrogens with one attached hydrogen (secondary N) is 1. The molecule has 0 bridgehead atoms. The van der Waals surface area contributed by atoms with Gasteiger partial charge in [0.1, 0.15) is 0 Å². The summed E-state index contributed by atoms with van der Waals surface area (Å²) in [6.07, 6.45) is 6.26. The van der Waals surface area contributed by atoms with Gasteiger partial charge in [0, 0.05) is 45.2 Å². The van der Waals surface area contributed by atoms with E-state index in [4.69, 9.17) is 4.99 Å². The van der Waals surface area contributed by atoms with Gasteiger partial charge in [-0.05, 0) is 44.9 Å². The summed E-state index contributed by atoms with van der Waals surface area (Å²) < 4.78 is 0. The summed E-state index contributed by atoms with van der Waals surface area (Å²) in [6, 6.07) is 0.359. The predicted octanol–water partition coefficient (Wildman–Crippen LogP) is 2.47. The number of nitrogens with zero attached hydrogens (tertiary/aromatic N) is 3. The van der Waals surface area contributed by atoms with E-state index in [2.05, 4.69) is 35.9 Å². The van der Waals surface area contributed by atoms with E-state index in [1.165, 1.54) is 12.8 Å². The molecule has 0 aromatic carbocycles. The van der Waals surface area contributed by atoms with Crippen molar-refractivity contribution in [2.45, 2.75) is 65.3 Å². The number of amides is 1. The van der Waals surface area contributed by atoms with Gasteiger partial charge >= 0.3 is 0 Å². The highest BCUT2D eigenvalue weighted by atomic mass is 16.2. The zero-order valence-electron chi connectivity index (χ0n) is 15.2. The monoisotopic (exact) mass is 322 g/mol. The Balaban J connectivity index is 1.87. The van der Waals surface area contributed by atoms with Crippen molar-refractivity contribution < 1.29 is 4.79 Å². The number of likely N-dealkylation sites (tertiary alicyclic amines) is 2. The maximum absolute atomic E-state index is 11.9. The summed E-state index contributed by atoms with van der Waals surface area (Å²) in [6.45, 7) is 11.5. The number of rotatable bonds is 6. The molecule has 0 aromatic heterocycles. The standard InChI is InChI=1S/C18H34N4O/c1-4-16(22-12-6-7-17(22)23)8-11-20-18(19-5-2)21-13-9-15(3)10-14-21/h15-16H,4-14H2,1-3H3,(H,19,20). The van der Waals surface area contributed by atoms with Crippen molar-refractivity contribution in [1.82, 2.24) is 15.1 Å². The molecule has 2 saturated heterocycles. The molecule has 0 aromatic rings. The molecule has 2 rings (SSSR count). The Morgan fingerprint density at radius 1 is 1.30 bits per heavy atom. The largest absolute Gasteiger partial charge is 0.357 e. The van der Waals surface area contributed by atoms with Crippen molar-refractivity contribution in [2.24, 2.45) is 10.9 Å². The van der Waals surface area contributed by atoms with Gasteiger partial charge in [0.15, 0.2) is 5.96 Å². The fourth-order valence-corrected chi connectivity index (χ4v) is 3.60. The zero-order valence-corrected chi connectivity index (χ0v) is 15.2. The number of hydrogen-bond acceptors (Lipinski definition) is 2. The van der Waals surface area contributed by atoms with E-state index < -0.39 is 0 Å². The van der Waals surface area contributed by atoms with Crippen LogP contribution >= 0.6 is 0 Å². The lowest BCUT2D eigenvalue weighted by atomic mass is 10.00. The molecule has 2 aliphatic heterocycles. The quantitative estimate of drug-likeness (QED) is 0.604. The summed E-state index contributed by atoms with van der Waals surface area (Å²) in [5.74, 6) is 2.22. The molecule has 2 heterocycles. The fourth-order valence-electron chi connectivity index (χ4n) is 3.60. The topological polar surface area (TPSA) is 47.9 Å². The predicted molar refractivity (Wildman–Crippen MR) is 95.6 cm³/mol. The summed E-state index contributed by atoms with van der Waals surface area (Å²) in [5, 5.41) is 3.43. The summed E-state index contributed by atoms with van der Waals surface area (Å²) in [4.78, 5) is 21.2. The van der Waals surface area contributed by atoms with Crippen LogP contribution in [0.3, 0.4) is 0 Å². The van der Waals surface area contributed by atoms with Gasteiger partial charge in [-0.1, -0.05) is 13.8 Å². The normalized spacial score (nSPS) is 21.9. The van der Waals surface area contributed by atoms with E-state index in [0.29, 0.717) is 11.9 Å². The molecule has 2 aliphatic rings. The Morgan fingerprint density at radius 2 is 2.04 bits per heavy atom. The highest BCUT2D eigenvalue weighted by Crippen LogP contribution is 2.19. The second kappa shape index (κ2) is 9.14. The third-order valence-corrected chi connectivity index (χ3v) is 5.16. The highest BCUT2D eigenvalue weighted by molar-refractivity contribution is 5.80. The number of hydrogen-bond donors (Lipinski definition) is 1. The van der Waals surface area contributed by atoms with Crippen LogP contribution in [0.1, 0.15) is 59.3 Å². The number of carbonyl (C=O) groups excluding carboxylic acids is 1. The lowest BCUT2D eigenvalue weighted by Gasteiger charge is -2.33. The minimum absolute atomic E-state index is 0.331. The minimum Gasteiger partial charge on any atom is -0.357 e. The van der Waals surface area contributed by atoms with Crippen molar-refractivity contribution in [3.63, 3.8) is 0 Å². The number of carbonyl (C=O) groups is 1. The smallest absolute Gasteiger partial charge is 0.222 e. The number of aliphatic imine (C=N–C) groups is 1. The van der Waals surface area contributed by atoms with E-state index in [1.807, 2.05) is 0 Å². The minimum atomic E-state index is 0.331. The van der Waals surface area contributed by atoms with Crippen LogP contribution in [0.25, 0.3) is 0 Å². The van der Waals surface area contributed by atoms with E-state index in [-0.39, 0.29) is 0 Å². The van der Waals surface area contributed by atoms with Crippen molar-refractivity contribution in [1.29, 1.82) is 0 Å². The Hall–Kier alpha value is -1.26. The highest BCUT2D eigenvalue weighted by Gasteiger charge is 2.26. The lowest BCUT2D eigenvalue weighted by Crippen LogP contribution is -2.45. The van der Waals surface area contributed by atoms with Gasteiger partial charge in [0.05, 0.1) is 0 Å². The summed E-state index contributed by atoms with van der Waals surface area (Å²) >= 11 is 0. The second-order valence-electron chi connectivity index (χ2n) is 6.95. The summed E-state index contributed by atoms with van der Waals surface area (Å²) in [5.41, 5.74) is 0. The first-order valence-electron chi connectivity index (χ1n) is 9.48. The molecule has 132 valence electrons. The number of piperidine rings is 1. The molecule has 2 fully saturated rings. The molecule has 5 nitrogen and oxygen atoms in total. The zero-order chi connectivity index (χ0) is 16.7. The van der Waals surface area contributed by atoms with E-state index in [9.17, 15) is 4.79 Å². The third-order valence-electron chi connectivity index (χ3n) is 5.16. The van der Waals surface area contributed by atoms with Gasteiger partial charge in [-0.3, -0.25) is 9.79 Å². The maximum atomic E-state index is 11.9. The number of guanidine groups is 1. The SMILES string of the molecule is CCNC(=NCCC(CC)N1CCCC1=O)N1CCC(C)CC1. The van der Waals surface area contributed by atoms with Gasteiger partial charge in [0.25, 0.3) is 0 Å². The van der Waals surface area contributed by atoms with Gasteiger partial charge in [0.2, 0.25) is 5.91 Å².